The Bertz CT molecular complexity index is 671. The summed E-state index contributed by atoms with van der Waals surface area (Å²) in [4.78, 5) is 12.7. The lowest BCUT2D eigenvalue weighted by atomic mass is 10.1. The second-order valence-electron chi connectivity index (χ2n) is 5.34. The maximum Gasteiger partial charge on any atom is 0.243 e. The van der Waals surface area contributed by atoms with Gasteiger partial charge in [-0.1, -0.05) is 0 Å². The molecule has 122 valence electrons. The van der Waals surface area contributed by atoms with Crippen molar-refractivity contribution in [1.29, 1.82) is 0 Å². The van der Waals surface area contributed by atoms with Crippen molar-refractivity contribution in [3.05, 3.63) is 29.8 Å². The van der Waals surface area contributed by atoms with Gasteiger partial charge in [0.2, 0.25) is 15.9 Å². The average molecular weight is 332 g/mol. The van der Waals surface area contributed by atoms with E-state index in [0.717, 1.165) is 12.1 Å². The van der Waals surface area contributed by atoms with E-state index in [1.54, 1.807) is 11.9 Å². The normalized spacial score (nSPS) is 17.5. The largest absolute Gasteiger partial charge is 0.343 e. The molecule has 1 saturated heterocycles. The minimum atomic E-state index is -3.85. The van der Waals surface area contributed by atoms with Crippen LogP contribution in [0.3, 0.4) is 0 Å². The number of rotatable bonds is 3. The fourth-order valence-electron chi connectivity index (χ4n) is 2.51. The molecule has 5 nitrogen and oxygen atoms in total. The Labute approximate surface area is 128 Å². The average Bonchev–Trinajstić information content (AvgIpc) is 2.49. The number of halogens is 2. The molecular weight excluding hydrogens is 314 g/mol. The van der Waals surface area contributed by atoms with E-state index < -0.39 is 21.7 Å². The number of carbonyl (C=O) groups is 1. The quantitative estimate of drug-likeness (QED) is 0.845. The number of piperidine rings is 1. The molecule has 1 aromatic carbocycles. The Hall–Kier alpha value is -1.54. The molecule has 0 radical (unpaired) electrons. The van der Waals surface area contributed by atoms with E-state index in [4.69, 9.17) is 0 Å². The van der Waals surface area contributed by atoms with Crippen LogP contribution in [-0.4, -0.2) is 49.7 Å². The van der Waals surface area contributed by atoms with Gasteiger partial charge in [0.05, 0.1) is 4.90 Å². The van der Waals surface area contributed by atoms with E-state index in [-0.39, 0.29) is 29.9 Å². The van der Waals surface area contributed by atoms with Crippen LogP contribution in [0.25, 0.3) is 0 Å². The zero-order valence-electron chi connectivity index (χ0n) is 12.4. The van der Waals surface area contributed by atoms with Gasteiger partial charge in [0.1, 0.15) is 0 Å². The molecule has 0 saturated carbocycles. The molecule has 0 bridgehead atoms. The first-order chi connectivity index (χ1) is 10.2. The van der Waals surface area contributed by atoms with Gasteiger partial charge in [-0.15, -0.1) is 0 Å². The van der Waals surface area contributed by atoms with Crippen molar-refractivity contribution < 1.29 is 22.0 Å². The number of carbonyl (C=O) groups excluding carboxylic acids is 1. The predicted molar refractivity (Wildman–Crippen MR) is 76.6 cm³/mol. The first-order valence-electron chi connectivity index (χ1n) is 6.92. The Kier molecular flexibility index (Phi) is 4.81. The molecule has 2 rings (SSSR count). The third kappa shape index (κ3) is 3.27. The highest BCUT2D eigenvalue weighted by atomic mass is 32.2. The van der Waals surface area contributed by atoms with Gasteiger partial charge in [0.25, 0.3) is 0 Å². The summed E-state index contributed by atoms with van der Waals surface area (Å²) in [6.07, 6.45) is 1.03. The first kappa shape index (κ1) is 16.8. The lowest BCUT2D eigenvalue weighted by Gasteiger charge is -2.35. The summed E-state index contributed by atoms with van der Waals surface area (Å²) in [5, 5.41) is 0. The minimum Gasteiger partial charge on any atom is -0.343 e. The molecule has 8 heteroatoms. The van der Waals surface area contributed by atoms with Crippen LogP contribution >= 0.6 is 0 Å². The van der Waals surface area contributed by atoms with Crippen LogP contribution in [0.1, 0.15) is 19.8 Å². The number of benzene rings is 1. The summed E-state index contributed by atoms with van der Waals surface area (Å²) in [5.41, 5.74) is 0. The van der Waals surface area contributed by atoms with Crippen molar-refractivity contribution in [2.75, 3.05) is 20.1 Å². The number of sulfonamides is 1. The smallest absolute Gasteiger partial charge is 0.243 e. The van der Waals surface area contributed by atoms with Gasteiger partial charge in [-0.3, -0.25) is 4.79 Å². The summed E-state index contributed by atoms with van der Waals surface area (Å²) in [6, 6.07) is 2.55. The van der Waals surface area contributed by atoms with E-state index in [9.17, 15) is 22.0 Å². The molecule has 22 heavy (non-hydrogen) atoms. The van der Waals surface area contributed by atoms with E-state index >= 15 is 0 Å². The van der Waals surface area contributed by atoms with Crippen molar-refractivity contribution in [2.24, 2.45) is 0 Å². The van der Waals surface area contributed by atoms with Gasteiger partial charge in [-0.2, -0.15) is 4.31 Å². The number of hydrogen-bond donors (Lipinski definition) is 0. The Morgan fingerprint density at radius 2 is 1.82 bits per heavy atom. The molecular formula is C14H18F2N2O3S. The SMILES string of the molecule is CC(=O)N(C)C1CCN(S(=O)(=O)c2ccc(F)c(F)c2)CC1. The van der Waals surface area contributed by atoms with Crippen LogP contribution in [0, 0.1) is 11.6 Å². The molecule has 0 aromatic heterocycles. The fourth-order valence-corrected chi connectivity index (χ4v) is 4.00. The van der Waals surface area contributed by atoms with Crippen molar-refractivity contribution in [3.8, 4) is 0 Å². The van der Waals surface area contributed by atoms with Crippen molar-refractivity contribution in [3.63, 3.8) is 0 Å². The van der Waals surface area contributed by atoms with Crippen LogP contribution in [0.5, 0.6) is 0 Å². The maximum atomic E-state index is 13.2. The monoisotopic (exact) mass is 332 g/mol. The van der Waals surface area contributed by atoms with E-state index in [1.165, 1.54) is 11.2 Å². The molecule has 0 aliphatic carbocycles. The van der Waals surface area contributed by atoms with Gasteiger partial charge in [-0.05, 0) is 31.0 Å². The molecule has 1 amide bonds. The lowest BCUT2D eigenvalue weighted by Crippen LogP contribution is -2.46. The molecule has 0 N–H and O–H groups in total. The Balaban J connectivity index is 2.12. The Morgan fingerprint density at radius 1 is 1.23 bits per heavy atom. The molecule has 1 heterocycles. The first-order valence-corrected chi connectivity index (χ1v) is 8.36. The standard InChI is InChI=1S/C14H18F2N2O3S/c1-10(19)17(2)11-5-7-18(8-6-11)22(20,21)12-3-4-13(15)14(16)9-12/h3-4,9,11H,5-8H2,1-2H3. The van der Waals surface area contributed by atoms with E-state index in [1.807, 2.05) is 0 Å². The summed E-state index contributed by atoms with van der Waals surface area (Å²) in [7, 11) is -2.16. The molecule has 1 aliphatic heterocycles. The highest BCUT2D eigenvalue weighted by Crippen LogP contribution is 2.23. The fraction of sp³-hybridized carbons (Fsp3) is 0.500. The molecule has 1 aromatic rings. The topological polar surface area (TPSA) is 57.7 Å². The molecule has 0 unspecified atom stereocenters. The second kappa shape index (κ2) is 6.29. The van der Waals surface area contributed by atoms with Crippen LogP contribution in [-0.2, 0) is 14.8 Å². The summed E-state index contributed by atoms with van der Waals surface area (Å²) < 4.78 is 52.2. The third-order valence-corrected chi connectivity index (χ3v) is 5.89. The molecule has 0 spiro atoms. The Morgan fingerprint density at radius 3 is 2.32 bits per heavy atom. The molecule has 1 aliphatic rings. The van der Waals surface area contributed by atoms with Gasteiger partial charge in [0, 0.05) is 33.1 Å². The number of amides is 1. The third-order valence-electron chi connectivity index (χ3n) is 4.00. The zero-order valence-corrected chi connectivity index (χ0v) is 13.2. The van der Waals surface area contributed by atoms with Crippen LogP contribution in [0.4, 0.5) is 8.78 Å². The van der Waals surface area contributed by atoms with Crippen molar-refractivity contribution >= 4 is 15.9 Å². The van der Waals surface area contributed by atoms with E-state index in [0.29, 0.717) is 18.9 Å². The molecule has 1 fully saturated rings. The minimum absolute atomic E-state index is 0.00564. The van der Waals surface area contributed by atoms with Gasteiger partial charge >= 0.3 is 0 Å². The van der Waals surface area contributed by atoms with Crippen molar-refractivity contribution in [2.45, 2.75) is 30.7 Å². The molecule has 0 atom stereocenters. The summed E-state index contributed by atoms with van der Waals surface area (Å²) >= 11 is 0. The van der Waals surface area contributed by atoms with Crippen LogP contribution in [0.2, 0.25) is 0 Å². The summed E-state index contributed by atoms with van der Waals surface area (Å²) in [6.45, 7) is 1.94. The zero-order chi connectivity index (χ0) is 16.5. The lowest BCUT2D eigenvalue weighted by molar-refractivity contribution is -0.130. The van der Waals surface area contributed by atoms with E-state index in [2.05, 4.69) is 0 Å². The van der Waals surface area contributed by atoms with Crippen molar-refractivity contribution in [1.82, 2.24) is 9.21 Å². The summed E-state index contributed by atoms with van der Waals surface area (Å²) in [5.74, 6) is -2.34. The van der Waals surface area contributed by atoms with Gasteiger partial charge in [-0.25, -0.2) is 17.2 Å². The predicted octanol–water partition coefficient (Wildman–Crippen LogP) is 1.60. The van der Waals surface area contributed by atoms with Crippen LogP contribution in [0.15, 0.2) is 23.1 Å². The highest BCUT2D eigenvalue weighted by molar-refractivity contribution is 7.89. The van der Waals surface area contributed by atoms with Crippen LogP contribution < -0.4 is 0 Å². The van der Waals surface area contributed by atoms with Gasteiger partial charge < -0.3 is 4.90 Å². The highest BCUT2D eigenvalue weighted by Gasteiger charge is 2.31. The van der Waals surface area contributed by atoms with Gasteiger partial charge in [0.15, 0.2) is 11.6 Å². The number of nitrogens with zero attached hydrogens (tertiary/aromatic N) is 2. The second-order valence-corrected chi connectivity index (χ2v) is 7.28. The maximum absolute atomic E-state index is 13.2. The number of hydrogen-bond acceptors (Lipinski definition) is 3.